The van der Waals surface area contributed by atoms with E-state index < -0.39 is 41.1 Å². The van der Waals surface area contributed by atoms with Gasteiger partial charge in [-0.15, -0.1) is 13.2 Å². The van der Waals surface area contributed by atoms with Crippen LogP contribution in [0.25, 0.3) is 0 Å². The fraction of sp³-hybridized carbons (Fsp3) is 0.594. The fourth-order valence-corrected chi connectivity index (χ4v) is 7.40. The van der Waals surface area contributed by atoms with Crippen LogP contribution < -0.4 is 4.90 Å². The zero-order valence-corrected chi connectivity index (χ0v) is 24.5. The second-order valence-electron chi connectivity index (χ2n) is 11.8. The van der Waals surface area contributed by atoms with Gasteiger partial charge in [0.05, 0.1) is 30.8 Å². The van der Waals surface area contributed by atoms with E-state index in [1.54, 1.807) is 17.1 Å². The molecule has 2 bridgehead atoms. The predicted molar refractivity (Wildman–Crippen MR) is 154 cm³/mol. The molecule has 0 saturated carbocycles. The van der Waals surface area contributed by atoms with Crippen molar-refractivity contribution in [3.05, 3.63) is 54.6 Å². The van der Waals surface area contributed by atoms with Crippen LogP contribution in [0, 0.1) is 31.6 Å². The lowest BCUT2D eigenvalue weighted by Crippen LogP contribution is -2.60. The van der Waals surface area contributed by atoms with E-state index in [9.17, 15) is 19.5 Å². The minimum atomic E-state index is -1.20. The Balaban J connectivity index is 1.88. The first-order valence-corrected chi connectivity index (χ1v) is 14.4. The molecule has 8 nitrogen and oxygen atoms in total. The summed E-state index contributed by atoms with van der Waals surface area (Å²) < 4.78 is 12.5. The maximum Gasteiger partial charge on any atom is 0.312 e. The van der Waals surface area contributed by atoms with E-state index in [-0.39, 0.29) is 37.5 Å². The molecule has 1 aromatic rings. The van der Waals surface area contributed by atoms with Crippen LogP contribution in [0.2, 0.25) is 0 Å². The molecule has 0 aliphatic carbocycles. The average Bonchev–Trinajstić information content (AvgIpc) is 3.52. The van der Waals surface area contributed by atoms with Gasteiger partial charge in [0.15, 0.2) is 0 Å². The maximum absolute atomic E-state index is 14.8. The Morgan fingerprint density at radius 1 is 1.23 bits per heavy atom. The second-order valence-corrected chi connectivity index (χ2v) is 11.8. The second kappa shape index (κ2) is 11.5. The van der Waals surface area contributed by atoms with Crippen LogP contribution >= 0.6 is 0 Å². The minimum Gasteiger partial charge on any atom is -0.465 e. The third-order valence-corrected chi connectivity index (χ3v) is 9.27. The largest absolute Gasteiger partial charge is 0.465 e. The highest BCUT2D eigenvalue weighted by Gasteiger charge is 2.79. The van der Waals surface area contributed by atoms with Gasteiger partial charge in [-0.2, -0.15) is 0 Å². The molecule has 3 aliphatic rings. The van der Waals surface area contributed by atoms with E-state index in [1.807, 2.05) is 52.8 Å². The third-order valence-electron chi connectivity index (χ3n) is 9.27. The van der Waals surface area contributed by atoms with E-state index in [2.05, 4.69) is 13.2 Å². The number of aliphatic hydroxyl groups excluding tert-OH is 1. The number of anilines is 1. The Morgan fingerprint density at radius 2 is 1.90 bits per heavy atom. The van der Waals surface area contributed by atoms with Crippen molar-refractivity contribution in [3.8, 4) is 0 Å². The molecule has 0 radical (unpaired) electrons. The molecule has 2 unspecified atom stereocenters. The summed E-state index contributed by atoms with van der Waals surface area (Å²) in [4.78, 5) is 46.1. The molecule has 2 amide bonds. The van der Waals surface area contributed by atoms with E-state index >= 15 is 0 Å². The molecule has 8 heteroatoms. The van der Waals surface area contributed by atoms with Crippen LogP contribution in [0.15, 0.2) is 43.5 Å². The molecule has 218 valence electrons. The number of para-hydroxylation sites is 1. The summed E-state index contributed by atoms with van der Waals surface area (Å²) in [6.07, 6.45) is 5.37. The number of carbonyl (C=O) groups excluding carboxylic acids is 3. The Morgan fingerprint density at radius 3 is 2.45 bits per heavy atom. The van der Waals surface area contributed by atoms with Crippen LogP contribution in [0.4, 0.5) is 5.69 Å². The van der Waals surface area contributed by atoms with Crippen LogP contribution in [0.3, 0.4) is 0 Å². The number of hydrogen-bond donors (Lipinski definition) is 1. The Hall–Kier alpha value is -2.97. The van der Waals surface area contributed by atoms with Crippen molar-refractivity contribution in [2.75, 3.05) is 24.7 Å². The number of aryl methyl sites for hydroxylation is 2. The van der Waals surface area contributed by atoms with Crippen LogP contribution in [0.5, 0.6) is 0 Å². The SMILES string of the molecule is C=CCCOC(=O)[C@H]1[C@H]2C(=O)N([C@@H](CO)C(C)C)C(C(=O)N(CC=C)c3c(C)cccc3C)C23CC[C@]1(CC)O3. The van der Waals surface area contributed by atoms with E-state index in [1.165, 1.54) is 4.90 Å². The molecule has 40 heavy (non-hydrogen) atoms. The summed E-state index contributed by atoms with van der Waals surface area (Å²) in [5.41, 5.74) is 0.527. The molecule has 1 N–H and O–H groups in total. The van der Waals surface area contributed by atoms with E-state index in [4.69, 9.17) is 9.47 Å². The summed E-state index contributed by atoms with van der Waals surface area (Å²) in [6, 6.07) is 4.22. The van der Waals surface area contributed by atoms with E-state index in [0.29, 0.717) is 25.7 Å². The number of esters is 1. The number of hydrogen-bond acceptors (Lipinski definition) is 6. The summed E-state index contributed by atoms with van der Waals surface area (Å²) in [7, 11) is 0. The molecule has 1 aromatic carbocycles. The molecule has 3 heterocycles. The van der Waals surface area contributed by atoms with Crippen molar-refractivity contribution in [1.82, 2.24) is 4.90 Å². The van der Waals surface area contributed by atoms with Gasteiger partial charge in [-0.25, -0.2) is 0 Å². The molecular weight excluding hydrogens is 508 g/mol. The Bertz CT molecular complexity index is 1160. The van der Waals surface area contributed by atoms with Crippen molar-refractivity contribution < 1.29 is 29.0 Å². The summed E-state index contributed by atoms with van der Waals surface area (Å²) in [5.74, 6) is -2.93. The van der Waals surface area contributed by atoms with Gasteiger partial charge < -0.3 is 24.4 Å². The molecule has 3 fully saturated rings. The van der Waals surface area contributed by atoms with Crippen LogP contribution in [0.1, 0.15) is 57.6 Å². The molecule has 1 spiro atoms. The van der Waals surface area contributed by atoms with Gasteiger partial charge in [0.1, 0.15) is 17.6 Å². The highest BCUT2D eigenvalue weighted by atomic mass is 16.6. The molecule has 0 aromatic heterocycles. The van der Waals surface area contributed by atoms with Crippen molar-refractivity contribution in [2.45, 2.75) is 83.6 Å². The standard InChI is InChI=1S/C32H44N2O6/c1-8-11-18-39-30(38)25-24-28(36)34(23(19-35)20(4)5)27(32(24)16-15-31(25,10-3)40-32)29(37)33(17-9-2)26-21(6)13-12-14-22(26)7/h8-9,12-14,20,23-25,27,35H,1-2,10-11,15-19H2,3-7H3/t23-,24-,25+,27?,31-,32?/m0/s1. The lowest BCUT2D eigenvalue weighted by Gasteiger charge is -2.41. The first-order valence-electron chi connectivity index (χ1n) is 14.4. The number of likely N-dealkylation sites (tertiary alicyclic amines) is 1. The number of nitrogens with zero attached hydrogens (tertiary/aromatic N) is 2. The predicted octanol–water partition coefficient (Wildman–Crippen LogP) is 4.11. The number of aliphatic hydroxyl groups is 1. The number of ether oxygens (including phenoxy) is 2. The maximum atomic E-state index is 14.8. The smallest absolute Gasteiger partial charge is 0.312 e. The van der Waals surface area contributed by atoms with Crippen molar-refractivity contribution in [1.29, 1.82) is 0 Å². The zero-order valence-electron chi connectivity index (χ0n) is 24.5. The van der Waals surface area contributed by atoms with Gasteiger partial charge in [0.25, 0.3) is 5.91 Å². The molecule has 4 rings (SSSR count). The summed E-state index contributed by atoms with van der Waals surface area (Å²) >= 11 is 0. The zero-order chi connectivity index (χ0) is 29.4. The number of carbonyl (C=O) groups is 3. The van der Waals surface area contributed by atoms with Crippen molar-refractivity contribution >= 4 is 23.5 Å². The minimum absolute atomic E-state index is 0.136. The fourth-order valence-electron chi connectivity index (χ4n) is 7.40. The van der Waals surface area contributed by atoms with Gasteiger partial charge in [0, 0.05) is 12.2 Å². The number of fused-ring (bicyclic) bond motifs is 1. The van der Waals surface area contributed by atoms with Crippen LogP contribution in [-0.4, -0.2) is 70.8 Å². The lowest BCUT2D eigenvalue weighted by molar-refractivity contribution is -0.162. The van der Waals surface area contributed by atoms with Gasteiger partial charge in [-0.05, 0) is 56.6 Å². The topological polar surface area (TPSA) is 96.4 Å². The van der Waals surface area contributed by atoms with Crippen molar-refractivity contribution in [2.24, 2.45) is 17.8 Å². The monoisotopic (exact) mass is 552 g/mol. The van der Waals surface area contributed by atoms with E-state index in [0.717, 1.165) is 16.8 Å². The van der Waals surface area contributed by atoms with Crippen LogP contribution in [-0.2, 0) is 23.9 Å². The lowest BCUT2D eigenvalue weighted by atomic mass is 9.65. The molecular formula is C32H44N2O6. The Labute approximate surface area is 238 Å². The molecule has 3 saturated heterocycles. The summed E-state index contributed by atoms with van der Waals surface area (Å²) in [5, 5.41) is 10.5. The van der Waals surface area contributed by atoms with Crippen molar-refractivity contribution in [3.63, 3.8) is 0 Å². The van der Waals surface area contributed by atoms with Gasteiger partial charge in [-0.1, -0.05) is 51.1 Å². The molecule has 3 aliphatic heterocycles. The van der Waals surface area contributed by atoms with Gasteiger partial charge >= 0.3 is 5.97 Å². The average molecular weight is 553 g/mol. The van der Waals surface area contributed by atoms with Gasteiger partial charge in [-0.3, -0.25) is 14.4 Å². The number of benzene rings is 1. The highest BCUT2D eigenvalue weighted by Crippen LogP contribution is 2.65. The number of amides is 2. The quantitative estimate of drug-likeness (QED) is 0.238. The summed E-state index contributed by atoms with van der Waals surface area (Å²) in [6.45, 7) is 17.4. The highest BCUT2D eigenvalue weighted by molar-refractivity contribution is 6.05. The van der Waals surface area contributed by atoms with Gasteiger partial charge in [0.2, 0.25) is 5.91 Å². The third kappa shape index (κ3) is 4.49. The number of rotatable bonds is 12. The first kappa shape index (κ1) is 30.0. The normalized spacial score (nSPS) is 29.4. The molecule has 6 atom stereocenters. The Kier molecular flexibility index (Phi) is 8.62. The first-order chi connectivity index (χ1) is 19.0.